The molecule has 9 heteroatoms. The summed E-state index contributed by atoms with van der Waals surface area (Å²) in [4.78, 5) is 24.0. The molecule has 0 fully saturated rings. The molecule has 0 radical (unpaired) electrons. The van der Waals surface area contributed by atoms with Gasteiger partial charge in [0.25, 0.3) is 5.91 Å². The van der Waals surface area contributed by atoms with Gasteiger partial charge >= 0.3 is 0 Å². The van der Waals surface area contributed by atoms with E-state index < -0.39 is 0 Å². The van der Waals surface area contributed by atoms with E-state index in [0.717, 1.165) is 26.9 Å². The molecular weight excluding hydrogens is 486 g/mol. The molecule has 0 aliphatic carbocycles. The number of ether oxygens (including phenoxy) is 3. The number of halogens is 1. The van der Waals surface area contributed by atoms with Crippen molar-refractivity contribution in [1.82, 2.24) is 9.97 Å². The standard InChI is InChI=1S/C26H24ClN3O4S/c1-16-7-9-19(27)25-23(16)29-26(35-25)30(15-18-6-5-11-28-14-18)22(31)10-8-17-12-20(32-2)24(34-4)21(13-17)33-3/h5-14H,15H2,1-4H3/b10-8+. The van der Waals surface area contributed by atoms with E-state index >= 15 is 0 Å². The number of aromatic nitrogens is 2. The minimum absolute atomic E-state index is 0.240. The highest BCUT2D eigenvalue weighted by Gasteiger charge is 2.20. The molecule has 0 atom stereocenters. The van der Waals surface area contributed by atoms with Crippen molar-refractivity contribution in [2.24, 2.45) is 0 Å². The minimum Gasteiger partial charge on any atom is -0.493 e. The maximum atomic E-state index is 13.5. The van der Waals surface area contributed by atoms with Crippen LogP contribution in [0.25, 0.3) is 16.3 Å². The van der Waals surface area contributed by atoms with Gasteiger partial charge in [0, 0.05) is 18.5 Å². The van der Waals surface area contributed by atoms with Crippen LogP contribution in [0.4, 0.5) is 5.13 Å². The molecule has 35 heavy (non-hydrogen) atoms. The maximum Gasteiger partial charge on any atom is 0.253 e. The van der Waals surface area contributed by atoms with Crippen LogP contribution < -0.4 is 19.1 Å². The van der Waals surface area contributed by atoms with Gasteiger partial charge in [0.15, 0.2) is 16.6 Å². The Balaban J connectivity index is 1.72. The second-order valence-corrected chi connectivity index (χ2v) is 9.00. The highest BCUT2D eigenvalue weighted by Crippen LogP contribution is 2.39. The van der Waals surface area contributed by atoms with Crippen molar-refractivity contribution in [3.8, 4) is 17.2 Å². The fourth-order valence-corrected chi connectivity index (χ4v) is 4.90. The Morgan fingerprint density at radius 2 is 1.86 bits per heavy atom. The third-order valence-corrected chi connectivity index (χ3v) is 6.89. The van der Waals surface area contributed by atoms with Crippen molar-refractivity contribution in [3.05, 3.63) is 76.6 Å². The molecule has 0 saturated heterocycles. The van der Waals surface area contributed by atoms with Crippen LogP contribution >= 0.6 is 22.9 Å². The zero-order chi connectivity index (χ0) is 24.9. The quantitative estimate of drug-likeness (QED) is 0.274. The molecule has 4 aromatic rings. The molecule has 1 amide bonds. The summed E-state index contributed by atoms with van der Waals surface area (Å²) in [6.07, 6.45) is 6.63. The lowest BCUT2D eigenvalue weighted by Crippen LogP contribution is -2.28. The average Bonchev–Trinajstić information content (AvgIpc) is 3.34. The zero-order valence-corrected chi connectivity index (χ0v) is 21.3. The Labute approximate surface area is 212 Å². The molecule has 0 spiro atoms. The third-order valence-electron chi connectivity index (χ3n) is 5.35. The van der Waals surface area contributed by atoms with E-state index in [9.17, 15) is 4.79 Å². The number of methoxy groups -OCH3 is 3. The summed E-state index contributed by atoms with van der Waals surface area (Å²) in [7, 11) is 4.64. The molecule has 0 bridgehead atoms. The lowest BCUT2D eigenvalue weighted by atomic mass is 10.1. The Kier molecular flexibility index (Phi) is 7.53. The normalized spacial score (nSPS) is 11.1. The van der Waals surface area contributed by atoms with E-state index in [-0.39, 0.29) is 5.91 Å². The number of anilines is 1. The van der Waals surface area contributed by atoms with E-state index in [1.54, 1.807) is 56.8 Å². The van der Waals surface area contributed by atoms with Crippen LogP contribution in [0.3, 0.4) is 0 Å². The van der Waals surface area contributed by atoms with E-state index in [2.05, 4.69) is 4.98 Å². The molecule has 0 unspecified atom stereocenters. The van der Waals surface area contributed by atoms with Crippen molar-refractivity contribution in [2.75, 3.05) is 26.2 Å². The van der Waals surface area contributed by atoms with Gasteiger partial charge in [-0.15, -0.1) is 0 Å². The number of nitrogens with zero attached hydrogens (tertiary/aromatic N) is 3. The van der Waals surface area contributed by atoms with Gasteiger partial charge in [-0.25, -0.2) is 4.98 Å². The van der Waals surface area contributed by atoms with Gasteiger partial charge in [0.1, 0.15) is 0 Å². The average molecular weight is 510 g/mol. The van der Waals surface area contributed by atoms with Crippen LogP contribution in [0.1, 0.15) is 16.7 Å². The number of pyridine rings is 1. The minimum atomic E-state index is -0.240. The van der Waals surface area contributed by atoms with Crippen LogP contribution in [-0.4, -0.2) is 37.2 Å². The lowest BCUT2D eigenvalue weighted by molar-refractivity contribution is -0.114. The summed E-state index contributed by atoms with van der Waals surface area (Å²) in [5, 5.41) is 1.16. The molecule has 4 rings (SSSR count). The Morgan fingerprint density at radius 3 is 2.46 bits per heavy atom. The maximum absolute atomic E-state index is 13.5. The third kappa shape index (κ3) is 5.23. The summed E-state index contributed by atoms with van der Waals surface area (Å²) in [5.74, 6) is 1.25. The SMILES string of the molecule is COc1cc(/C=C/C(=O)N(Cc2cccnc2)c2nc3c(C)ccc(Cl)c3s2)cc(OC)c1OC. The van der Waals surface area contributed by atoms with Crippen molar-refractivity contribution >= 4 is 50.3 Å². The van der Waals surface area contributed by atoms with Gasteiger partial charge in [-0.3, -0.25) is 14.7 Å². The summed E-state index contributed by atoms with van der Waals surface area (Å²) < 4.78 is 17.1. The van der Waals surface area contributed by atoms with Gasteiger partial charge in [0.2, 0.25) is 5.75 Å². The van der Waals surface area contributed by atoms with Crippen molar-refractivity contribution < 1.29 is 19.0 Å². The van der Waals surface area contributed by atoms with Crippen LogP contribution in [0.2, 0.25) is 5.02 Å². The second-order valence-electron chi connectivity index (χ2n) is 7.62. The Hall–Kier alpha value is -3.62. The molecule has 0 N–H and O–H groups in total. The molecule has 0 aliphatic rings. The number of fused-ring (bicyclic) bond motifs is 1. The Bertz CT molecular complexity index is 1320. The summed E-state index contributed by atoms with van der Waals surface area (Å²) in [6.45, 7) is 2.28. The first-order valence-corrected chi connectivity index (χ1v) is 11.9. The molecule has 0 saturated carbocycles. The summed E-state index contributed by atoms with van der Waals surface area (Å²) in [5.41, 5.74) is 3.38. The van der Waals surface area contributed by atoms with Crippen LogP contribution in [-0.2, 0) is 11.3 Å². The number of thiazole rings is 1. The number of amides is 1. The predicted octanol–water partition coefficient (Wildman–Crippen LogP) is 5.93. The number of aryl methyl sites for hydroxylation is 1. The van der Waals surface area contributed by atoms with E-state index in [1.165, 1.54) is 17.4 Å². The number of rotatable bonds is 8. The van der Waals surface area contributed by atoms with Gasteiger partial charge in [0.05, 0.1) is 43.1 Å². The van der Waals surface area contributed by atoms with Crippen LogP contribution in [0, 0.1) is 6.92 Å². The predicted molar refractivity (Wildman–Crippen MR) is 140 cm³/mol. The number of hydrogen-bond donors (Lipinski definition) is 0. The summed E-state index contributed by atoms with van der Waals surface area (Å²) >= 11 is 7.80. The fourth-order valence-electron chi connectivity index (χ4n) is 3.58. The van der Waals surface area contributed by atoms with Gasteiger partial charge in [-0.2, -0.15) is 0 Å². The smallest absolute Gasteiger partial charge is 0.253 e. The van der Waals surface area contributed by atoms with Gasteiger partial charge in [-0.05, 0) is 54.0 Å². The molecular formula is C26H24ClN3O4S. The lowest BCUT2D eigenvalue weighted by Gasteiger charge is -2.18. The topological polar surface area (TPSA) is 73.8 Å². The highest BCUT2D eigenvalue weighted by molar-refractivity contribution is 7.23. The fraction of sp³-hybridized carbons (Fsp3) is 0.192. The first kappa shape index (κ1) is 24.5. The van der Waals surface area contributed by atoms with E-state index in [1.807, 2.05) is 31.2 Å². The van der Waals surface area contributed by atoms with Crippen LogP contribution in [0.15, 0.2) is 54.9 Å². The number of carbonyl (C=O) groups is 1. The second kappa shape index (κ2) is 10.8. The van der Waals surface area contributed by atoms with Crippen molar-refractivity contribution in [2.45, 2.75) is 13.5 Å². The van der Waals surface area contributed by atoms with Crippen molar-refractivity contribution in [1.29, 1.82) is 0 Å². The summed E-state index contributed by atoms with van der Waals surface area (Å²) in [6, 6.07) is 11.1. The van der Waals surface area contributed by atoms with Gasteiger partial charge in [-0.1, -0.05) is 35.1 Å². The molecule has 180 valence electrons. The zero-order valence-electron chi connectivity index (χ0n) is 19.7. The highest BCUT2D eigenvalue weighted by atomic mass is 35.5. The molecule has 7 nitrogen and oxygen atoms in total. The largest absolute Gasteiger partial charge is 0.493 e. The molecule has 2 aromatic carbocycles. The van der Waals surface area contributed by atoms with E-state index in [0.29, 0.717) is 33.9 Å². The van der Waals surface area contributed by atoms with Crippen molar-refractivity contribution in [3.63, 3.8) is 0 Å². The molecule has 0 aliphatic heterocycles. The monoisotopic (exact) mass is 509 g/mol. The Morgan fingerprint density at radius 1 is 1.11 bits per heavy atom. The first-order chi connectivity index (χ1) is 16.9. The molecule has 2 aromatic heterocycles. The number of carbonyl (C=O) groups excluding carboxylic acids is 1. The van der Waals surface area contributed by atoms with E-state index in [4.69, 9.17) is 30.8 Å². The first-order valence-electron chi connectivity index (χ1n) is 10.7. The number of hydrogen-bond acceptors (Lipinski definition) is 7. The van der Waals surface area contributed by atoms with Crippen LogP contribution in [0.5, 0.6) is 17.2 Å². The van der Waals surface area contributed by atoms with Gasteiger partial charge < -0.3 is 14.2 Å². The molecule has 2 heterocycles. The number of benzene rings is 2.